The van der Waals surface area contributed by atoms with Crippen molar-refractivity contribution in [2.45, 2.75) is 0 Å². The van der Waals surface area contributed by atoms with Gasteiger partial charge in [0.1, 0.15) is 22.3 Å². The van der Waals surface area contributed by atoms with Crippen LogP contribution in [0.5, 0.6) is 0 Å². The van der Waals surface area contributed by atoms with Gasteiger partial charge in [-0.3, -0.25) is 0 Å². The third-order valence-electron chi connectivity index (χ3n) is 12.4. The molecule has 60 heavy (non-hydrogen) atoms. The topological polar surface area (TPSA) is 33.9 Å². The van der Waals surface area contributed by atoms with Crippen molar-refractivity contribution >= 4 is 98.9 Å². The lowest BCUT2D eigenvalue weighted by Crippen LogP contribution is -2.09. The maximum Gasteiger partial charge on any atom is 0.137 e. The Labute approximate surface area is 344 Å². The molecule has 0 atom stereocenters. The van der Waals surface area contributed by atoms with E-state index in [4.69, 9.17) is 8.83 Å². The number of aromatic nitrogens is 1. The quantitative estimate of drug-likeness (QED) is 0.164. The summed E-state index contributed by atoms with van der Waals surface area (Å²) in [6.07, 6.45) is 0. The second kappa shape index (κ2) is 12.7. The van der Waals surface area contributed by atoms with Gasteiger partial charge in [-0.05, 0) is 87.9 Å². The summed E-state index contributed by atoms with van der Waals surface area (Å²) in [5.74, 6) is 0. The third kappa shape index (κ3) is 4.79. The lowest BCUT2D eigenvalue weighted by atomic mass is 9.94. The maximum atomic E-state index is 6.42. The summed E-state index contributed by atoms with van der Waals surface area (Å²) >= 11 is 0. The molecule has 9 aromatic carbocycles. The Morgan fingerprint density at radius 3 is 1.47 bits per heavy atom. The van der Waals surface area contributed by atoms with Crippen molar-refractivity contribution in [2.75, 3.05) is 4.90 Å². The predicted octanol–water partition coefficient (Wildman–Crippen LogP) is 16.0. The van der Waals surface area contributed by atoms with Crippen LogP contribution in [0, 0.1) is 0 Å². The first-order valence-electron chi connectivity index (χ1n) is 20.4. The van der Waals surface area contributed by atoms with E-state index in [1.165, 1.54) is 49.1 Å². The minimum atomic E-state index is 0.847. The molecule has 4 nitrogen and oxygen atoms in total. The largest absolute Gasteiger partial charge is 0.456 e. The van der Waals surface area contributed by atoms with Crippen molar-refractivity contribution in [3.63, 3.8) is 0 Å². The first kappa shape index (κ1) is 32.9. The summed E-state index contributed by atoms with van der Waals surface area (Å²) in [6.45, 7) is 0. The van der Waals surface area contributed by atoms with Gasteiger partial charge in [0.25, 0.3) is 0 Å². The Kier molecular flexibility index (Phi) is 6.98. The van der Waals surface area contributed by atoms with Crippen LogP contribution in [-0.2, 0) is 0 Å². The molecule has 4 aromatic heterocycles. The first-order valence-corrected chi connectivity index (χ1v) is 20.4. The smallest absolute Gasteiger partial charge is 0.137 e. The van der Waals surface area contributed by atoms with E-state index in [0.29, 0.717) is 0 Å². The summed E-state index contributed by atoms with van der Waals surface area (Å²) < 4.78 is 15.3. The normalized spacial score (nSPS) is 12.0. The van der Waals surface area contributed by atoms with Gasteiger partial charge in [-0.15, -0.1) is 0 Å². The highest BCUT2D eigenvalue weighted by Gasteiger charge is 2.23. The predicted molar refractivity (Wildman–Crippen MR) is 250 cm³/mol. The van der Waals surface area contributed by atoms with E-state index in [0.717, 1.165) is 72.2 Å². The molecular formula is C56H34N2O2. The van der Waals surface area contributed by atoms with E-state index >= 15 is 0 Å². The minimum absolute atomic E-state index is 0.847. The van der Waals surface area contributed by atoms with E-state index in [1.807, 2.05) is 24.3 Å². The van der Waals surface area contributed by atoms with Crippen LogP contribution in [0.15, 0.2) is 215 Å². The second-order valence-corrected chi connectivity index (χ2v) is 15.6. The number of hydrogen-bond acceptors (Lipinski definition) is 3. The van der Waals surface area contributed by atoms with E-state index in [-0.39, 0.29) is 0 Å². The van der Waals surface area contributed by atoms with Gasteiger partial charge in [0, 0.05) is 67.1 Å². The first-order chi connectivity index (χ1) is 29.8. The molecule has 0 spiro atoms. The highest BCUT2D eigenvalue weighted by atomic mass is 16.3. The molecule has 13 rings (SSSR count). The zero-order chi connectivity index (χ0) is 39.3. The second-order valence-electron chi connectivity index (χ2n) is 15.6. The van der Waals surface area contributed by atoms with Crippen LogP contribution in [0.2, 0.25) is 0 Å². The summed E-state index contributed by atoms with van der Waals surface area (Å²) in [5, 5.41) is 10.7. The number of hydrogen-bond donors (Lipinski definition) is 0. The highest BCUT2D eigenvalue weighted by molar-refractivity contribution is 6.30. The average Bonchev–Trinajstić information content (AvgIpc) is 3.99. The number of furan rings is 2. The summed E-state index contributed by atoms with van der Waals surface area (Å²) in [6, 6.07) is 73.8. The van der Waals surface area contributed by atoms with Crippen molar-refractivity contribution in [1.29, 1.82) is 0 Å². The molecule has 0 bridgehead atoms. The molecule has 4 heterocycles. The van der Waals surface area contributed by atoms with Crippen molar-refractivity contribution in [3.05, 3.63) is 206 Å². The van der Waals surface area contributed by atoms with E-state index in [2.05, 4.69) is 191 Å². The van der Waals surface area contributed by atoms with Crippen LogP contribution in [0.4, 0.5) is 17.1 Å². The van der Waals surface area contributed by atoms with Crippen LogP contribution in [-0.4, -0.2) is 4.40 Å². The van der Waals surface area contributed by atoms with Gasteiger partial charge in [-0.25, -0.2) is 0 Å². The Morgan fingerprint density at radius 2 is 0.833 bits per heavy atom. The molecule has 13 aromatic rings. The molecule has 0 aliphatic heterocycles. The Balaban J connectivity index is 1.03. The van der Waals surface area contributed by atoms with Gasteiger partial charge in [0.2, 0.25) is 0 Å². The summed E-state index contributed by atoms with van der Waals surface area (Å²) in [7, 11) is 0. The SMILES string of the molecule is c1ccc(-c2c3c4ccccc4c4ccccc4c3n3c(-c4ccc(N(c5ccc6c(c5)oc5ccccc56)c5ccc6c(c5)oc5ccccc56)cc4)cccc23)cc1. The van der Waals surface area contributed by atoms with E-state index in [1.54, 1.807) is 0 Å². The number of nitrogens with zero attached hydrogens (tertiary/aromatic N) is 2. The number of benzene rings is 9. The standard InChI is InChI=1S/C56H34N2O2/c1-2-13-36(14-3-1)54-49-22-12-21-48(58(49)56-47-20-7-5-16-41(47)40-15-4-6-19-46(40)55(54)56)35-25-27-37(28-26-35)57(38-29-31-44-42-17-8-10-23-50(42)59-52(44)33-38)39-30-32-45-43-18-9-11-24-51(43)60-53(45)34-39/h1-34H. The number of para-hydroxylation sites is 2. The molecule has 0 saturated carbocycles. The van der Waals surface area contributed by atoms with Gasteiger partial charge in [0.05, 0.1) is 16.7 Å². The zero-order valence-electron chi connectivity index (χ0n) is 32.3. The Morgan fingerprint density at radius 1 is 0.333 bits per heavy atom. The van der Waals surface area contributed by atoms with Gasteiger partial charge in [0.15, 0.2) is 0 Å². The lowest BCUT2D eigenvalue weighted by molar-refractivity contribution is 0.669. The fourth-order valence-corrected chi connectivity index (χ4v) is 9.74. The zero-order valence-corrected chi connectivity index (χ0v) is 32.3. The van der Waals surface area contributed by atoms with Crippen LogP contribution in [0.25, 0.3) is 104 Å². The third-order valence-corrected chi connectivity index (χ3v) is 12.4. The van der Waals surface area contributed by atoms with Crippen LogP contribution >= 0.6 is 0 Å². The molecule has 0 amide bonds. The van der Waals surface area contributed by atoms with Crippen LogP contribution < -0.4 is 4.90 Å². The molecule has 0 saturated heterocycles. The molecule has 0 radical (unpaired) electrons. The number of fused-ring (bicyclic) bond motifs is 14. The molecule has 0 aliphatic rings. The number of rotatable bonds is 5. The maximum absolute atomic E-state index is 6.42. The van der Waals surface area contributed by atoms with Crippen molar-refractivity contribution < 1.29 is 8.83 Å². The number of anilines is 3. The summed E-state index contributed by atoms with van der Waals surface area (Å²) in [5.41, 5.74) is 13.6. The Hall–Kier alpha value is -8.08. The average molecular weight is 767 g/mol. The minimum Gasteiger partial charge on any atom is -0.456 e. The molecule has 0 aliphatic carbocycles. The molecule has 0 unspecified atom stereocenters. The molecule has 0 N–H and O–H groups in total. The molecular weight excluding hydrogens is 733 g/mol. The molecule has 0 fully saturated rings. The Bertz CT molecular complexity index is 3720. The van der Waals surface area contributed by atoms with Crippen molar-refractivity contribution in [2.24, 2.45) is 0 Å². The van der Waals surface area contributed by atoms with Gasteiger partial charge >= 0.3 is 0 Å². The fourth-order valence-electron chi connectivity index (χ4n) is 9.74. The van der Waals surface area contributed by atoms with Crippen LogP contribution in [0.1, 0.15) is 0 Å². The van der Waals surface area contributed by atoms with Gasteiger partial charge in [-0.1, -0.05) is 133 Å². The van der Waals surface area contributed by atoms with Gasteiger partial charge in [-0.2, -0.15) is 0 Å². The molecule has 280 valence electrons. The van der Waals surface area contributed by atoms with Gasteiger partial charge < -0.3 is 18.1 Å². The van der Waals surface area contributed by atoms with E-state index in [9.17, 15) is 0 Å². The van der Waals surface area contributed by atoms with E-state index < -0.39 is 0 Å². The van der Waals surface area contributed by atoms with Crippen molar-refractivity contribution in [1.82, 2.24) is 4.40 Å². The highest BCUT2D eigenvalue weighted by Crippen LogP contribution is 2.46. The lowest BCUT2D eigenvalue weighted by Gasteiger charge is -2.25. The van der Waals surface area contributed by atoms with Crippen LogP contribution in [0.3, 0.4) is 0 Å². The monoisotopic (exact) mass is 766 g/mol. The molecule has 4 heteroatoms. The van der Waals surface area contributed by atoms with Crippen molar-refractivity contribution in [3.8, 4) is 22.4 Å². The number of pyridine rings is 1. The fraction of sp³-hybridized carbons (Fsp3) is 0. The summed E-state index contributed by atoms with van der Waals surface area (Å²) in [4.78, 5) is 2.29.